The SMILES string of the molecule is C=CC(O)C(C=C)C(=O)OCC. The Labute approximate surface area is 72.3 Å². The van der Waals surface area contributed by atoms with Crippen molar-refractivity contribution in [3.05, 3.63) is 25.3 Å². The minimum atomic E-state index is -0.915. The van der Waals surface area contributed by atoms with Gasteiger partial charge in [-0.2, -0.15) is 0 Å². The van der Waals surface area contributed by atoms with Crippen LogP contribution in [0.2, 0.25) is 0 Å². The van der Waals surface area contributed by atoms with Crippen LogP contribution in [0.25, 0.3) is 0 Å². The molecular formula is C9H14O3. The molecule has 3 heteroatoms. The number of aliphatic hydroxyl groups is 1. The lowest BCUT2D eigenvalue weighted by Gasteiger charge is -2.13. The van der Waals surface area contributed by atoms with Crippen molar-refractivity contribution < 1.29 is 14.6 Å². The predicted octanol–water partition coefficient (Wildman–Crippen LogP) is 0.899. The molecule has 3 nitrogen and oxygen atoms in total. The van der Waals surface area contributed by atoms with Crippen molar-refractivity contribution in [2.45, 2.75) is 13.0 Å². The van der Waals surface area contributed by atoms with Gasteiger partial charge in [0.2, 0.25) is 0 Å². The van der Waals surface area contributed by atoms with Crippen molar-refractivity contribution in [1.29, 1.82) is 0 Å². The zero-order valence-electron chi connectivity index (χ0n) is 7.19. The van der Waals surface area contributed by atoms with Crippen LogP contribution in [0, 0.1) is 5.92 Å². The summed E-state index contributed by atoms with van der Waals surface area (Å²) in [5.74, 6) is -1.18. The standard InChI is InChI=1S/C9H14O3/c1-4-7(8(10)5-2)9(11)12-6-3/h4-5,7-8,10H,1-2,6H2,3H3. The normalized spacial score (nSPS) is 14.5. The Bertz CT molecular complexity index is 175. The average molecular weight is 170 g/mol. The zero-order chi connectivity index (χ0) is 9.56. The molecule has 0 aromatic rings. The van der Waals surface area contributed by atoms with Crippen molar-refractivity contribution in [3.8, 4) is 0 Å². The summed E-state index contributed by atoms with van der Waals surface area (Å²) in [5, 5.41) is 9.22. The first kappa shape index (κ1) is 10.9. The van der Waals surface area contributed by atoms with E-state index in [9.17, 15) is 9.90 Å². The van der Waals surface area contributed by atoms with Gasteiger partial charge in [-0.05, 0) is 6.92 Å². The number of ether oxygens (including phenoxy) is 1. The molecule has 0 aliphatic carbocycles. The molecule has 2 unspecified atom stereocenters. The summed E-state index contributed by atoms with van der Waals surface area (Å²) >= 11 is 0. The maximum atomic E-state index is 11.1. The zero-order valence-corrected chi connectivity index (χ0v) is 7.19. The van der Waals surface area contributed by atoms with Crippen LogP contribution in [-0.4, -0.2) is 23.8 Å². The number of hydrogen-bond donors (Lipinski definition) is 1. The van der Waals surface area contributed by atoms with Crippen LogP contribution in [-0.2, 0) is 9.53 Å². The maximum absolute atomic E-state index is 11.1. The van der Waals surface area contributed by atoms with Crippen LogP contribution >= 0.6 is 0 Å². The number of carbonyl (C=O) groups is 1. The van der Waals surface area contributed by atoms with Gasteiger partial charge in [0.15, 0.2) is 0 Å². The van der Waals surface area contributed by atoms with Gasteiger partial charge >= 0.3 is 5.97 Å². The van der Waals surface area contributed by atoms with Gasteiger partial charge in [-0.1, -0.05) is 12.2 Å². The van der Waals surface area contributed by atoms with Crippen molar-refractivity contribution in [2.75, 3.05) is 6.61 Å². The molecule has 0 aliphatic heterocycles. The highest BCUT2D eigenvalue weighted by atomic mass is 16.5. The van der Waals surface area contributed by atoms with E-state index >= 15 is 0 Å². The summed E-state index contributed by atoms with van der Waals surface area (Å²) in [6, 6.07) is 0. The van der Waals surface area contributed by atoms with E-state index in [1.165, 1.54) is 12.2 Å². The van der Waals surface area contributed by atoms with E-state index < -0.39 is 18.0 Å². The first-order valence-corrected chi connectivity index (χ1v) is 3.77. The molecule has 0 spiro atoms. The van der Waals surface area contributed by atoms with Gasteiger partial charge in [0.05, 0.1) is 12.7 Å². The second kappa shape index (κ2) is 5.55. The van der Waals surface area contributed by atoms with Crippen molar-refractivity contribution >= 4 is 5.97 Å². The molecule has 0 aromatic heterocycles. The summed E-state index contributed by atoms with van der Waals surface area (Å²) in [7, 11) is 0. The Balaban J connectivity index is 4.22. The molecule has 1 N–H and O–H groups in total. The molecule has 2 atom stereocenters. The molecule has 12 heavy (non-hydrogen) atoms. The number of esters is 1. The molecule has 0 saturated carbocycles. The van der Waals surface area contributed by atoms with Crippen LogP contribution in [0.1, 0.15) is 6.92 Å². The molecule has 0 rings (SSSR count). The van der Waals surface area contributed by atoms with Crippen molar-refractivity contribution in [3.63, 3.8) is 0 Å². The highest BCUT2D eigenvalue weighted by Gasteiger charge is 2.22. The summed E-state index contributed by atoms with van der Waals surface area (Å²) in [4.78, 5) is 11.1. The second-order valence-electron chi connectivity index (χ2n) is 2.24. The molecule has 0 radical (unpaired) electrons. The minimum absolute atomic E-state index is 0.299. The number of hydrogen-bond acceptors (Lipinski definition) is 3. The highest BCUT2D eigenvalue weighted by Crippen LogP contribution is 2.08. The largest absolute Gasteiger partial charge is 0.465 e. The first-order chi connectivity index (χ1) is 5.67. The van der Waals surface area contributed by atoms with E-state index in [1.807, 2.05) is 0 Å². The molecular weight excluding hydrogens is 156 g/mol. The minimum Gasteiger partial charge on any atom is -0.465 e. The third-order valence-electron chi connectivity index (χ3n) is 1.42. The molecule has 0 fully saturated rings. The second-order valence-corrected chi connectivity index (χ2v) is 2.24. The Kier molecular flexibility index (Phi) is 5.04. The van der Waals surface area contributed by atoms with Crippen molar-refractivity contribution in [1.82, 2.24) is 0 Å². The Hall–Kier alpha value is -1.09. The van der Waals surface area contributed by atoms with E-state index in [1.54, 1.807) is 6.92 Å². The fourth-order valence-electron chi connectivity index (χ4n) is 0.760. The first-order valence-electron chi connectivity index (χ1n) is 3.77. The van der Waals surface area contributed by atoms with E-state index in [0.717, 1.165) is 0 Å². The smallest absolute Gasteiger partial charge is 0.315 e. The lowest BCUT2D eigenvalue weighted by molar-refractivity contribution is -0.148. The number of aliphatic hydroxyl groups excluding tert-OH is 1. The lowest BCUT2D eigenvalue weighted by atomic mass is 10.0. The molecule has 0 heterocycles. The maximum Gasteiger partial charge on any atom is 0.315 e. The van der Waals surface area contributed by atoms with Crippen LogP contribution in [0.5, 0.6) is 0 Å². The molecule has 0 aromatic carbocycles. The third kappa shape index (κ3) is 2.88. The monoisotopic (exact) mass is 170 g/mol. The number of rotatable bonds is 5. The fraction of sp³-hybridized carbons (Fsp3) is 0.444. The van der Waals surface area contributed by atoms with Crippen LogP contribution < -0.4 is 0 Å². The molecule has 0 bridgehead atoms. The van der Waals surface area contributed by atoms with Crippen LogP contribution in [0.3, 0.4) is 0 Å². The topological polar surface area (TPSA) is 46.5 Å². The van der Waals surface area contributed by atoms with Gasteiger partial charge in [0.1, 0.15) is 5.92 Å². The van der Waals surface area contributed by atoms with Crippen LogP contribution in [0.15, 0.2) is 25.3 Å². The molecule has 0 saturated heterocycles. The lowest BCUT2D eigenvalue weighted by Crippen LogP contribution is -2.26. The van der Waals surface area contributed by atoms with Gasteiger partial charge in [0.25, 0.3) is 0 Å². The summed E-state index contributed by atoms with van der Waals surface area (Å²) < 4.78 is 4.70. The molecule has 0 aliphatic rings. The predicted molar refractivity (Wildman–Crippen MR) is 46.5 cm³/mol. The summed E-state index contributed by atoms with van der Waals surface area (Å²) in [6.45, 7) is 8.80. The number of carbonyl (C=O) groups excluding carboxylic acids is 1. The average Bonchev–Trinajstić information content (AvgIpc) is 2.06. The Morgan fingerprint density at radius 1 is 1.58 bits per heavy atom. The summed E-state index contributed by atoms with van der Waals surface area (Å²) in [5.41, 5.74) is 0. The van der Waals surface area contributed by atoms with Crippen LogP contribution in [0.4, 0.5) is 0 Å². The van der Waals surface area contributed by atoms with Gasteiger partial charge in [-0.25, -0.2) is 0 Å². The fourth-order valence-corrected chi connectivity index (χ4v) is 0.760. The van der Waals surface area contributed by atoms with Gasteiger partial charge < -0.3 is 9.84 Å². The van der Waals surface area contributed by atoms with E-state index in [4.69, 9.17) is 4.74 Å². The van der Waals surface area contributed by atoms with E-state index in [-0.39, 0.29) is 0 Å². The molecule has 0 amide bonds. The van der Waals surface area contributed by atoms with Gasteiger partial charge in [-0.3, -0.25) is 4.79 Å². The Morgan fingerprint density at radius 3 is 2.50 bits per heavy atom. The highest BCUT2D eigenvalue weighted by molar-refractivity contribution is 5.75. The Morgan fingerprint density at radius 2 is 2.17 bits per heavy atom. The summed E-state index contributed by atoms with van der Waals surface area (Å²) in [6.07, 6.45) is 1.72. The quantitative estimate of drug-likeness (QED) is 0.492. The third-order valence-corrected chi connectivity index (χ3v) is 1.42. The van der Waals surface area contributed by atoms with Gasteiger partial charge in [-0.15, -0.1) is 13.2 Å². The van der Waals surface area contributed by atoms with E-state index in [0.29, 0.717) is 6.61 Å². The molecule has 68 valence electrons. The van der Waals surface area contributed by atoms with Crippen molar-refractivity contribution in [2.24, 2.45) is 5.92 Å². The van der Waals surface area contributed by atoms with Gasteiger partial charge in [0, 0.05) is 0 Å². The van der Waals surface area contributed by atoms with E-state index in [2.05, 4.69) is 13.2 Å².